The first kappa shape index (κ1) is 20.6. The first-order valence-corrected chi connectivity index (χ1v) is 10.2. The van der Waals surface area contributed by atoms with Gasteiger partial charge in [-0.05, 0) is 49.9 Å². The number of rotatable bonds is 3. The molecule has 1 saturated carbocycles. The number of carboxylic acids is 1. The summed E-state index contributed by atoms with van der Waals surface area (Å²) in [5, 5.41) is 12.0. The van der Waals surface area contributed by atoms with Crippen LogP contribution in [0.5, 0.6) is 0 Å². The van der Waals surface area contributed by atoms with Crippen LogP contribution < -0.4 is 5.32 Å². The van der Waals surface area contributed by atoms with Crippen LogP contribution >= 0.6 is 0 Å². The highest BCUT2D eigenvalue weighted by atomic mass is 16.4. The molecule has 0 aromatic rings. The van der Waals surface area contributed by atoms with Crippen molar-refractivity contribution in [3.63, 3.8) is 0 Å². The molecule has 2 N–H and O–H groups in total. The minimum atomic E-state index is -0.915. The third-order valence-electron chi connectivity index (χ3n) is 6.73. The summed E-state index contributed by atoms with van der Waals surface area (Å²) in [6, 6.07) is -0.514. The smallest absolute Gasteiger partial charge is 0.325 e. The molecule has 2 heterocycles. The second-order valence-electron chi connectivity index (χ2n) is 9.56. The fraction of sp³-hybridized carbons (Fsp3) is 0.800. The maximum Gasteiger partial charge on any atom is 0.325 e. The Morgan fingerprint density at radius 2 is 1.82 bits per heavy atom. The van der Waals surface area contributed by atoms with Crippen LogP contribution in [0.1, 0.15) is 59.3 Å². The topological polar surface area (TPSA) is 107 Å². The van der Waals surface area contributed by atoms with Gasteiger partial charge in [0.2, 0.25) is 5.91 Å². The van der Waals surface area contributed by atoms with Gasteiger partial charge in [0, 0.05) is 13.1 Å². The van der Waals surface area contributed by atoms with E-state index in [1.54, 1.807) is 0 Å². The predicted molar refractivity (Wildman–Crippen MR) is 101 cm³/mol. The Labute approximate surface area is 165 Å². The molecular weight excluding hydrogens is 362 g/mol. The summed E-state index contributed by atoms with van der Waals surface area (Å²) in [6.45, 7) is 6.86. The van der Waals surface area contributed by atoms with Crippen molar-refractivity contribution in [1.82, 2.24) is 15.1 Å². The first-order chi connectivity index (χ1) is 13.0. The minimum Gasteiger partial charge on any atom is -0.481 e. The lowest BCUT2D eigenvalue weighted by atomic mass is 9.67. The van der Waals surface area contributed by atoms with Crippen LogP contribution in [0.4, 0.5) is 4.79 Å². The molecular formula is C20H31N3O5. The molecule has 2 saturated heterocycles. The zero-order valence-corrected chi connectivity index (χ0v) is 17.0. The lowest BCUT2D eigenvalue weighted by Crippen LogP contribution is -2.51. The molecule has 0 bridgehead atoms. The van der Waals surface area contributed by atoms with Gasteiger partial charge in [0.05, 0.1) is 5.92 Å². The second kappa shape index (κ2) is 7.37. The average molecular weight is 393 g/mol. The first-order valence-electron chi connectivity index (χ1n) is 10.2. The average Bonchev–Trinajstić information content (AvgIpc) is 2.85. The van der Waals surface area contributed by atoms with Gasteiger partial charge in [-0.1, -0.05) is 20.8 Å². The fourth-order valence-electron chi connectivity index (χ4n) is 4.78. The van der Waals surface area contributed by atoms with Crippen molar-refractivity contribution in [1.29, 1.82) is 0 Å². The van der Waals surface area contributed by atoms with E-state index in [1.165, 1.54) is 4.90 Å². The van der Waals surface area contributed by atoms with Crippen molar-refractivity contribution >= 4 is 23.8 Å². The van der Waals surface area contributed by atoms with Gasteiger partial charge in [-0.2, -0.15) is 0 Å². The van der Waals surface area contributed by atoms with Crippen molar-refractivity contribution in [2.75, 3.05) is 19.6 Å². The highest BCUT2D eigenvalue weighted by Gasteiger charge is 2.53. The van der Waals surface area contributed by atoms with Gasteiger partial charge in [-0.3, -0.25) is 19.3 Å². The minimum absolute atomic E-state index is 0.135. The van der Waals surface area contributed by atoms with Crippen LogP contribution in [0.3, 0.4) is 0 Å². The highest BCUT2D eigenvalue weighted by Crippen LogP contribution is 2.43. The molecule has 4 amide bonds. The van der Waals surface area contributed by atoms with Crippen LogP contribution in [0.15, 0.2) is 0 Å². The largest absolute Gasteiger partial charge is 0.481 e. The van der Waals surface area contributed by atoms with E-state index in [-0.39, 0.29) is 30.3 Å². The van der Waals surface area contributed by atoms with Crippen molar-refractivity contribution in [3.8, 4) is 0 Å². The molecule has 0 radical (unpaired) electrons. The van der Waals surface area contributed by atoms with Crippen LogP contribution in [0.25, 0.3) is 0 Å². The number of hydrogen-bond donors (Lipinski definition) is 2. The number of urea groups is 1. The summed E-state index contributed by atoms with van der Waals surface area (Å²) >= 11 is 0. The van der Waals surface area contributed by atoms with E-state index in [0.29, 0.717) is 38.1 Å². The molecule has 156 valence electrons. The van der Waals surface area contributed by atoms with E-state index in [2.05, 4.69) is 26.1 Å². The van der Waals surface area contributed by atoms with Crippen LogP contribution in [-0.2, 0) is 14.4 Å². The van der Waals surface area contributed by atoms with Crippen LogP contribution in [0.2, 0.25) is 0 Å². The highest BCUT2D eigenvalue weighted by molar-refractivity contribution is 6.09. The lowest BCUT2D eigenvalue weighted by molar-refractivity contribution is -0.147. The standard InChI is InChI=1S/C20H31N3O5/c1-19(2,3)14-6-8-20(9-7-14)17(27)23(18(28)21-20)12-15(24)22-10-4-5-13(11-22)16(25)26/h13-14H,4-12H2,1-3H3,(H,21,28)(H,25,26). The van der Waals surface area contributed by atoms with Crippen molar-refractivity contribution in [3.05, 3.63) is 0 Å². The number of carboxylic acid groups (broad SMARTS) is 1. The SMILES string of the molecule is CC(C)(C)C1CCC2(CC1)NC(=O)N(CC(=O)N1CCCC(C(=O)O)C1)C2=O. The molecule has 8 heteroatoms. The van der Waals surface area contributed by atoms with Gasteiger partial charge in [-0.15, -0.1) is 0 Å². The van der Waals surface area contributed by atoms with E-state index in [9.17, 15) is 24.3 Å². The summed E-state index contributed by atoms with van der Waals surface area (Å²) in [5.74, 6) is -1.68. The molecule has 1 spiro atoms. The van der Waals surface area contributed by atoms with E-state index < -0.39 is 23.5 Å². The molecule has 1 unspecified atom stereocenters. The summed E-state index contributed by atoms with van der Waals surface area (Å²) in [5.41, 5.74) is -0.720. The molecule has 3 rings (SSSR count). The molecule has 0 aromatic carbocycles. The van der Waals surface area contributed by atoms with E-state index >= 15 is 0 Å². The Hall–Kier alpha value is -2.12. The number of likely N-dealkylation sites (tertiary alicyclic amines) is 1. The predicted octanol–water partition coefficient (Wildman–Crippen LogP) is 1.84. The van der Waals surface area contributed by atoms with Crippen LogP contribution in [0, 0.1) is 17.3 Å². The zero-order chi connectivity index (χ0) is 20.7. The third kappa shape index (κ3) is 3.86. The molecule has 28 heavy (non-hydrogen) atoms. The number of carbonyl (C=O) groups is 4. The molecule has 3 fully saturated rings. The Kier molecular flexibility index (Phi) is 5.42. The second-order valence-corrected chi connectivity index (χ2v) is 9.56. The number of hydrogen-bond acceptors (Lipinski definition) is 4. The van der Waals surface area contributed by atoms with Gasteiger partial charge in [0.15, 0.2) is 0 Å². The summed E-state index contributed by atoms with van der Waals surface area (Å²) in [7, 11) is 0. The van der Waals surface area contributed by atoms with Crippen LogP contribution in [-0.4, -0.2) is 63.9 Å². The molecule has 1 atom stereocenters. The number of nitrogens with one attached hydrogen (secondary N) is 1. The Morgan fingerprint density at radius 3 is 2.39 bits per heavy atom. The molecule has 0 aromatic heterocycles. The normalized spacial score (nSPS) is 31.2. The number of amides is 4. The van der Waals surface area contributed by atoms with Crippen molar-refractivity contribution < 1.29 is 24.3 Å². The lowest BCUT2D eigenvalue weighted by Gasteiger charge is -2.40. The van der Waals surface area contributed by atoms with Gasteiger partial charge >= 0.3 is 12.0 Å². The number of imide groups is 1. The molecule has 1 aliphatic carbocycles. The van der Waals surface area contributed by atoms with Gasteiger partial charge in [0.1, 0.15) is 12.1 Å². The fourth-order valence-corrected chi connectivity index (χ4v) is 4.78. The van der Waals surface area contributed by atoms with E-state index in [1.807, 2.05) is 0 Å². The number of carbonyl (C=O) groups excluding carboxylic acids is 3. The monoisotopic (exact) mass is 393 g/mol. The van der Waals surface area contributed by atoms with Gasteiger partial charge in [-0.25, -0.2) is 4.79 Å². The summed E-state index contributed by atoms with van der Waals surface area (Å²) < 4.78 is 0. The number of nitrogens with zero attached hydrogens (tertiary/aromatic N) is 2. The zero-order valence-electron chi connectivity index (χ0n) is 17.0. The number of piperidine rings is 1. The third-order valence-corrected chi connectivity index (χ3v) is 6.73. The molecule has 8 nitrogen and oxygen atoms in total. The Bertz CT molecular complexity index is 676. The Balaban J connectivity index is 1.63. The van der Waals surface area contributed by atoms with Gasteiger partial charge < -0.3 is 15.3 Å². The molecule has 2 aliphatic heterocycles. The van der Waals surface area contributed by atoms with Crippen molar-refractivity contribution in [2.45, 2.75) is 64.8 Å². The maximum atomic E-state index is 13.0. The van der Waals surface area contributed by atoms with E-state index in [4.69, 9.17) is 0 Å². The quantitative estimate of drug-likeness (QED) is 0.712. The molecule has 3 aliphatic rings. The summed E-state index contributed by atoms with van der Waals surface area (Å²) in [4.78, 5) is 51.8. The number of aliphatic carboxylic acids is 1. The maximum absolute atomic E-state index is 13.0. The van der Waals surface area contributed by atoms with Gasteiger partial charge in [0.25, 0.3) is 5.91 Å². The van der Waals surface area contributed by atoms with E-state index in [0.717, 1.165) is 17.7 Å². The van der Waals surface area contributed by atoms with Crippen molar-refractivity contribution in [2.24, 2.45) is 17.3 Å². The summed E-state index contributed by atoms with van der Waals surface area (Å²) in [6.07, 6.45) is 4.07. The Morgan fingerprint density at radius 1 is 1.18 bits per heavy atom.